The number of nitrogens with zero attached hydrogens (tertiary/aromatic N) is 1. The van der Waals surface area contributed by atoms with Gasteiger partial charge in [-0.3, -0.25) is 0 Å². The van der Waals surface area contributed by atoms with Crippen LogP contribution in [0.5, 0.6) is 0 Å². The van der Waals surface area contributed by atoms with Gasteiger partial charge in [0.2, 0.25) is 0 Å². The number of hydrogen-bond acceptors (Lipinski definition) is 4. The minimum Gasteiger partial charge on any atom is -0.396 e. The van der Waals surface area contributed by atoms with Crippen molar-refractivity contribution < 1.29 is 5.11 Å². The Morgan fingerprint density at radius 3 is 2.82 bits per heavy atom. The van der Waals surface area contributed by atoms with Crippen LogP contribution in [0.1, 0.15) is 44.2 Å². The summed E-state index contributed by atoms with van der Waals surface area (Å²) in [7, 11) is 0. The Hall–Kier alpha value is -0.450. The first kappa shape index (κ1) is 13.0. The third kappa shape index (κ3) is 3.76. The predicted octanol–water partition coefficient (Wildman–Crippen LogP) is 2.57. The molecule has 1 aromatic rings. The van der Waals surface area contributed by atoms with Crippen molar-refractivity contribution in [3.8, 4) is 0 Å². The summed E-state index contributed by atoms with van der Waals surface area (Å²) in [6.45, 7) is 2.19. The Morgan fingerprint density at radius 1 is 1.35 bits per heavy atom. The number of aliphatic hydroxyl groups excluding tert-OH is 1. The fraction of sp³-hybridized carbons (Fsp3) is 0.769. The Bertz CT molecular complexity index is 302. The van der Waals surface area contributed by atoms with Crippen LogP contribution in [0.3, 0.4) is 0 Å². The van der Waals surface area contributed by atoms with E-state index in [1.807, 2.05) is 5.51 Å². The molecular formula is C13H22N2OS. The molecule has 0 unspecified atom stereocenters. The van der Waals surface area contributed by atoms with Gasteiger partial charge in [0.1, 0.15) is 0 Å². The van der Waals surface area contributed by atoms with E-state index in [1.54, 1.807) is 11.3 Å². The van der Waals surface area contributed by atoms with E-state index in [0.717, 1.165) is 25.2 Å². The van der Waals surface area contributed by atoms with Crippen molar-refractivity contribution in [1.82, 2.24) is 10.3 Å². The van der Waals surface area contributed by atoms with Gasteiger partial charge in [0.25, 0.3) is 0 Å². The van der Waals surface area contributed by atoms with Crippen molar-refractivity contribution in [2.75, 3.05) is 13.2 Å². The zero-order valence-electron chi connectivity index (χ0n) is 10.3. The number of thiazole rings is 1. The lowest BCUT2D eigenvalue weighted by atomic mass is 9.72. The van der Waals surface area contributed by atoms with Crippen LogP contribution in [0.25, 0.3) is 0 Å². The van der Waals surface area contributed by atoms with Gasteiger partial charge in [0.15, 0.2) is 0 Å². The Kier molecular flexibility index (Phi) is 4.95. The topological polar surface area (TPSA) is 45.1 Å². The quantitative estimate of drug-likeness (QED) is 0.820. The van der Waals surface area contributed by atoms with Crippen molar-refractivity contribution in [2.45, 2.75) is 45.1 Å². The van der Waals surface area contributed by atoms with E-state index < -0.39 is 0 Å². The molecule has 1 aromatic heterocycles. The second kappa shape index (κ2) is 6.47. The van der Waals surface area contributed by atoms with E-state index in [-0.39, 0.29) is 0 Å². The maximum absolute atomic E-state index is 9.23. The minimum atomic E-state index is 0.318. The molecule has 0 bridgehead atoms. The van der Waals surface area contributed by atoms with E-state index in [4.69, 9.17) is 0 Å². The minimum absolute atomic E-state index is 0.318. The van der Waals surface area contributed by atoms with Crippen LogP contribution in [0, 0.1) is 5.41 Å². The summed E-state index contributed by atoms with van der Waals surface area (Å²) in [5.74, 6) is 0. The molecule has 0 spiro atoms. The summed E-state index contributed by atoms with van der Waals surface area (Å²) in [5.41, 5.74) is 3.34. The highest BCUT2D eigenvalue weighted by Crippen LogP contribution is 2.38. The normalized spacial score (nSPS) is 19.4. The van der Waals surface area contributed by atoms with Gasteiger partial charge < -0.3 is 10.4 Å². The van der Waals surface area contributed by atoms with E-state index in [9.17, 15) is 5.11 Å². The second-order valence-corrected chi connectivity index (χ2v) is 5.84. The van der Waals surface area contributed by atoms with E-state index in [1.165, 1.54) is 32.1 Å². The summed E-state index contributed by atoms with van der Waals surface area (Å²) in [6, 6.07) is 0. The fourth-order valence-corrected chi connectivity index (χ4v) is 3.39. The average molecular weight is 254 g/mol. The molecule has 4 heteroatoms. The van der Waals surface area contributed by atoms with Crippen LogP contribution in [0.15, 0.2) is 10.9 Å². The number of aliphatic hydroxyl groups is 1. The highest BCUT2D eigenvalue weighted by molar-refractivity contribution is 7.07. The number of hydrogen-bond donors (Lipinski definition) is 2. The summed E-state index contributed by atoms with van der Waals surface area (Å²) < 4.78 is 0. The molecule has 0 aromatic carbocycles. The van der Waals surface area contributed by atoms with Gasteiger partial charge in [-0.1, -0.05) is 19.3 Å². The molecule has 1 heterocycles. The van der Waals surface area contributed by atoms with Crippen molar-refractivity contribution >= 4 is 11.3 Å². The van der Waals surface area contributed by atoms with Crippen LogP contribution < -0.4 is 5.32 Å². The number of aromatic nitrogens is 1. The Morgan fingerprint density at radius 2 is 2.18 bits per heavy atom. The van der Waals surface area contributed by atoms with Gasteiger partial charge in [-0.2, -0.15) is 0 Å². The van der Waals surface area contributed by atoms with Crippen LogP contribution in [-0.2, 0) is 6.54 Å². The predicted molar refractivity (Wildman–Crippen MR) is 71.0 cm³/mol. The molecule has 3 nitrogen and oxygen atoms in total. The lowest BCUT2D eigenvalue weighted by Gasteiger charge is -2.37. The molecule has 0 amide bonds. The first-order chi connectivity index (χ1) is 8.35. The van der Waals surface area contributed by atoms with Gasteiger partial charge in [0.05, 0.1) is 11.2 Å². The van der Waals surface area contributed by atoms with Gasteiger partial charge in [-0.05, 0) is 24.7 Å². The first-order valence-electron chi connectivity index (χ1n) is 6.53. The molecule has 2 rings (SSSR count). The summed E-state index contributed by atoms with van der Waals surface area (Å²) in [5, 5.41) is 14.8. The lowest BCUT2D eigenvalue weighted by Crippen LogP contribution is -2.36. The third-order valence-electron chi connectivity index (χ3n) is 3.85. The molecule has 0 radical (unpaired) electrons. The Labute approximate surface area is 107 Å². The molecular weight excluding hydrogens is 232 g/mol. The molecule has 1 aliphatic carbocycles. The van der Waals surface area contributed by atoms with Gasteiger partial charge >= 0.3 is 0 Å². The van der Waals surface area contributed by atoms with Gasteiger partial charge in [-0.25, -0.2) is 4.98 Å². The Balaban J connectivity index is 1.80. The van der Waals surface area contributed by atoms with Gasteiger partial charge in [0, 0.05) is 25.1 Å². The third-order valence-corrected chi connectivity index (χ3v) is 4.48. The summed E-state index contributed by atoms with van der Waals surface area (Å²) in [6.07, 6.45) is 7.46. The van der Waals surface area contributed by atoms with E-state index in [2.05, 4.69) is 15.7 Å². The average Bonchev–Trinajstić information content (AvgIpc) is 2.84. The van der Waals surface area contributed by atoms with E-state index in [0.29, 0.717) is 12.0 Å². The SMILES string of the molecule is OCCC1(CNCc2cscn2)CCCCC1. The van der Waals surface area contributed by atoms with Crippen molar-refractivity contribution in [1.29, 1.82) is 0 Å². The van der Waals surface area contributed by atoms with Gasteiger partial charge in [-0.15, -0.1) is 11.3 Å². The largest absolute Gasteiger partial charge is 0.396 e. The molecule has 0 saturated heterocycles. The summed E-state index contributed by atoms with van der Waals surface area (Å²) in [4.78, 5) is 4.27. The standard InChI is InChI=1S/C13H22N2OS/c16-7-6-13(4-2-1-3-5-13)10-14-8-12-9-17-11-15-12/h9,11,14,16H,1-8,10H2. The second-order valence-electron chi connectivity index (χ2n) is 5.12. The van der Waals surface area contributed by atoms with Crippen molar-refractivity contribution in [3.63, 3.8) is 0 Å². The number of nitrogens with one attached hydrogen (secondary N) is 1. The zero-order chi connectivity index (χ0) is 12.0. The highest BCUT2D eigenvalue weighted by Gasteiger charge is 2.30. The highest BCUT2D eigenvalue weighted by atomic mass is 32.1. The maximum atomic E-state index is 9.23. The number of rotatable bonds is 6. The molecule has 2 N–H and O–H groups in total. The molecule has 17 heavy (non-hydrogen) atoms. The van der Waals surface area contributed by atoms with Crippen LogP contribution >= 0.6 is 11.3 Å². The zero-order valence-corrected chi connectivity index (χ0v) is 11.1. The van der Waals surface area contributed by atoms with Crippen molar-refractivity contribution in [3.05, 3.63) is 16.6 Å². The maximum Gasteiger partial charge on any atom is 0.0795 e. The van der Waals surface area contributed by atoms with Crippen LogP contribution in [-0.4, -0.2) is 23.2 Å². The summed E-state index contributed by atoms with van der Waals surface area (Å²) >= 11 is 1.64. The van der Waals surface area contributed by atoms with Crippen LogP contribution in [0.2, 0.25) is 0 Å². The lowest BCUT2D eigenvalue weighted by molar-refractivity contribution is 0.126. The molecule has 0 aliphatic heterocycles. The molecule has 1 fully saturated rings. The molecule has 1 saturated carbocycles. The molecule has 96 valence electrons. The van der Waals surface area contributed by atoms with Crippen LogP contribution in [0.4, 0.5) is 0 Å². The first-order valence-corrected chi connectivity index (χ1v) is 7.48. The van der Waals surface area contributed by atoms with Crippen molar-refractivity contribution in [2.24, 2.45) is 5.41 Å². The molecule has 1 aliphatic rings. The van der Waals surface area contributed by atoms with E-state index >= 15 is 0 Å². The monoisotopic (exact) mass is 254 g/mol. The molecule has 0 atom stereocenters. The fourth-order valence-electron chi connectivity index (χ4n) is 2.83. The smallest absolute Gasteiger partial charge is 0.0795 e.